The summed E-state index contributed by atoms with van der Waals surface area (Å²) in [6.45, 7) is 4.18. The molecule has 2 aliphatic heterocycles. The molecule has 2 unspecified atom stereocenters. The predicted octanol–water partition coefficient (Wildman–Crippen LogP) is 1.65. The van der Waals surface area contributed by atoms with Crippen molar-refractivity contribution < 1.29 is 0 Å². The largest absolute Gasteiger partial charge is 0.355 e. The first-order valence-electron chi connectivity index (χ1n) is 6.30. The van der Waals surface area contributed by atoms with Crippen molar-refractivity contribution in [3.63, 3.8) is 0 Å². The van der Waals surface area contributed by atoms with Crippen LogP contribution in [0.2, 0.25) is 5.02 Å². The second-order valence-electron chi connectivity index (χ2n) is 5.02. The van der Waals surface area contributed by atoms with E-state index in [1.165, 1.54) is 6.42 Å². The molecule has 1 N–H and O–H groups in total. The molecule has 2 saturated heterocycles. The number of anilines is 1. The van der Waals surface area contributed by atoms with Gasteiger partial charge < -0.3 is 10.2 Å². The number of piperidine rings is 1. The fourth-order valence-corrected chi connectivity index (χ4v) is 3.24. The van der Waals surface area contributed by atoms with E-state index in [2.05, 4.69) is 21.3 Å². The van der Waals surface area contributed by atoms with Gasteiger partial charge in [-0.2, -0.15) is 5.26 Å². The van der Waals surface area contributed by atoms with Gasteiger partial charge in [-0.1, -0.05) is 11.6 Å². The molecule has 2 aliphatic rings. The smallest absolute Gasteiger partial charge is 0.148 e. The van der Waals surface area contributed by atoms with E-state index in [0.29, 0.717) is 16.5 Å². The van der Waals surface area contributed by atoms with Crippen LogP contribution in [0.3, 0.4) is 0 Å². The van der Waals surface area contributed by atoms with Crippen molar-refractivity contribution in [3.05, 3.63) is 22.8 Å². The van der Waals surface area contributed by atoms with Crippen molar-refractivity contribution in [2.75, 3.05) is 31.1 Å². The molecule has 0 saturated carbocycles. The molecule has 18 heavy (non-hydrogen) atoms. The minimum atomic E-state index is 0.490. The van der Waals surface area contributed by atoms with Crippen LogP contribution in [0, 0.1) is 23.2 Å². The lowest BCUT2D eigenvalue weighted by molar-refractivity contribution is 0.347. The Balaban J connectivity index is 1.85. The average molecular weight is 263 g/mol. The van der Waals surface area contributed by atoms with Crippen LogP contribution in [0.25, 0.3) is 0 Å². The van der Waals surface area contributed by atoms with Gasteiger partial charge in [0.05, 0.1) is 5.56 Å². The van der Waals surface area contributed by atoms with Gasteiger partial charge in [-0.15, -0.1) is 0 Å². The van der Waals surface area contributed by atoms with Crippen LogP contribution < -0.4 is 10.2 Å². The zero-order valence-electron chi connectivity index (χ0n) is 10.1. The van der Waals surface area contributed by atoms with Gasteiger partial charge in [-0.25, -0.2) is 4.98 Å². The Morgan fingerprint density at radius 3 is 3.11 bits per heavy atom. The Hall–Kier alpha value is -1.31. The number of aromatic nitrogens is 1. The van der Waals surface area contributed by atoms with E-state index in [4.69, 9.17) is 16.9 Å². The van der Waals surface area contributed by atoms with Gasteiger partial charge >= 0.3 is 0 Å². The third-order valence-electron chi connectivity index (χ3n) is 4.00. The highest BCUT2D eigenvalue weighted by molar-refractivity contribution is 6.34. The molecule has 3 heterocycles. The molecule has 4 nitrogen and oxygen atoms in total. The number of nitrogens with zero attached hydrogens (tertiary/aromatic N) is 3. The molecular weight excluding hydrogens is 248 g/mol. The summed E-state index contributed by atoms with van der Waals surface area (Å²) >= 11 is 6.24. The first-order chi connectivity index (χ1) is 8.79. The topological polar surface area (TPSA) is 52.0 Å². The van der Waals surface area contributed by atoms with E-state index >= 15 is 0 Å². The highest BCUT2D eigenvalue weighted by atomic mass is 35.5. The minimum absolute atomic E-state index is 0.490. The van der Waals surface area contributed by atoms with Crippen molar-refractivity contribution in [2.24, 2.45) is 11.8 Å². The summed E-state index contributed by atoms with van der Waals surface area (Å²) in [5, 5.41) is 12.9. The zero-order valence-corrected chi connectivity index (χ0v) is 10.8. The van der Waals surface area contributed by atoms with Gasteiger partial charge in [0, 0.05) is 19.3 Å². The Kier molecular flexibility index (Phi) is 3.11. The van der Waals surface area contributed by atoms with Crippen molar-refractivity contribution in [1.29, 1.82) is 5.26 Å². The molecule has 2 atom stereocenters. The Labute approximate surface area is 112 Å². The first kappa shape index (κ1) is 11.8. The van der Waals surface area contributed by atoms with Gasteiger partial charge in [0.1, 0.15) is 16.9 Å². The normalized spacial score (nSPS) is 26.8. The number of hydrogen-bond acceptors (Lipinski definition) is 4. The summed E-state index contributed by atoms with van der Waals surface area (Å²) in [5.74, 6) is 2.24. The molecule has 1 aromatic rings. The first-order valence-corrected chi connectivity index (χ1v) is 6.67. The maximum absolute atomic E-state index is 9.00. The number of halogens is 1. The SMILES string of the molecule is N#Cc1ccnc(N2CCC3CNCC3C2)c1Cl. The molecule has 0 radical (unpaired) electrons. The fraction of sp³-hybridized carbons (Fsp3) is 0.538. The second-order valence-corrected chi connectivity index (χ2v) is 5.40. The number of nitrogens with one attached hydrogen (secondary N) is 1. The maximum Gasteiger partial charge on any atom is 0.148 e. The van der Waals surface area contributed by atoms with Gasteiger partial charge in [-0.05, 0) is 37.4 Å². The molecule has 94 valence electrons. The van der Waals surface area contributed by atoms with E-state index in [1.807, 2.05) is 0 Å². The van der Waals surface area contributed by atoms with Gasteiger partial charge in [0.2, 0.25) is 0 Å². The quantitative estimate of drug-likeness (QED) is 0.836. The van der Waals surface area contributed by atoms with E-state index in [-0.39, 0.29) is 0 Å². The molecule has 0 spiro atoms. The summed E-state index contributed by atoms with van der Waals surface area (Å²) in [5.41, 5.74) is 0.508. The number of rotatable bonds is 1. The second kappa shape index (κ2) is 4.75. The number of fused-ring (bicyclic) bond motifs is 1. The highest BCUT2D eigenvalue weighted by Crippen LogP contribution is 2.33. The molecule has 3 rings (SSSR count). The molecule has 5 heteroatoms. The molecule has 0 amide bonds. The minimum Gasteiger partial charge on any atom is -0.355 e. The van der Waals surface area contributed by atoms with Crippen LogP contribution in [0.5, 0.6) is 0 Å². The van der Waals surface area contributed by atoms with E-state index < -0.39 is 0 Å². The summed E-state index contributed by atoms with van der Waals surface area (Å²) in [4.78, 5) is 6.57. The Morgan fingerprint density at radius 1 is 1.44 bits per heavy atom. The lowest BCUT2D eigenvalue weighted by Crippen LogP contribution is -2.40. The lowest BCUT2D eigenvalue weighted by Gasteiger charge is -2.35. The third kappa shape index (κ3) is 1.94. The maximum atomic E-state index is 9.00. The summed E-state index contributed by atoms with van der Waals surface area (Å²) < 4.78 is 0. The number of hydrogen-bond donors (Lipinski definition) is 1. The van der Waals surface area contributed by atoms with Crippen LogP contribution in [-0.4, -0.2) is 31.2 Å². The van der Waals surface area contributed by atoms with Crippen molar-refractivity contribution >= 4 is 17.4 Å². The van der Waals surface area contributed by atoms with Gasteiger partial charge in [-0.3, -0.25) is 0 Å². The van der Waals surface area contributed by atoms with Gasteiger partial charge in [0.15, 0.2) is 0 Å². The van der Waals surface area contributed by atoms with Crippen LogP contribution in [-0.2, 0) is 0 Å². The standard InChI is InChI=1S/C13H15ClN4/c14-12-9(5-15)1-3-17-13(12)18-4-2-10-6-16-7-11(10)8-18/h1,3,10-11,16H,2,4,6-8H2. The Bertz CT molecular complexity index is 496. The van der Waals surface area contributed by atoms with E-state index in [1.54, 1.807) is 12.3 Å². The molecule has 0 aromatic carbocycles. The Morgan fingerprint density at radius 2 is 2.28 bits per heavy atom. The number of nitriles is 1. The molecule has 0 aliphatic carbocycles. The van der Waals surface area contributed by atoms with Crippen molar-refractivity contribution in [3.8, 4) is 6.07 Å². The van der Waals surface area contributed by atoms with Crippen molar-refractivity contribution in [1.82, 2.24) is 10.3 Å². The molecule has 0 bridgehead atoms. The zero-order chi connectivity index (χ0) is 12.5. The third-order valence-corrected chi connectivity index (χ3v) is 4.37. The monoisotopic (exact) mass is 262 g/mol. The summed E-state index contributed by atoms with van der Waals surface area (Å²) in [6.07, 6.45) is 2.84. The predicted molar refractivity (Wildman–Crippen MR) is 70.6 cm³/mol. The van der Waals surface area contributed by atoms with Crippen LogP contribution in [0.1, 0.15) is 12.0 Å². The van der Waals surface area contributed by atoms with Gasteiger partial charge in [0.25, 0.3) is 0 Å². The van der Waals surface area contributed by atoms with E-state index in [9.17, 15) is 0 Å². The van der Waals surface area contributed by atoms with E-state index in [0.717, 1.165) is 37.9 Å². The summed E-state index contributed by atoms with van der Waals surface area (Å²) in [7, 11) is 0. The summed E-state index contributed by atoms with van der Waals surface area (Å²) in [6, 6.07) is 3.77. The van der Waals surface area contributed by atoms with Crippen molar-refractivity contribution in [2.45, 2.75) is 6.42 Å². The molecular formula is C13H15ClN4. The van der Waals surface area contributed by atoms with Crippen LogP contribution in [0.4, 0.5) is 5.82 Å². The highest BCUT2D eigenvalue weighted by Gasteiger charge is 2.33. The molecule has 1 aromatic heterocycles. The van der Waals surface area contributed by atoms with Crippen LogP contribution >= 0.6 is 11.6 Å². The fourth-order valence-electron chi connectivity index (χ4n) is 2.97. The average Bonchev–Trinajstić information content (AvgIpc) is 2.86. The van der Waals surface area contributed by atoms with Crippen LogP contribution in [0.15, 0.2) is 12.3 Å². The number of pyridine rings is 1. The molecule has 2 fully saturated rings. The lowest BCUT2D eigenvalue weighted by atomic mass is 9.89.